The molecule has 0 spiro atoms. The lowest BCUT2D eigenvalue weighted by atomic mass is 9.96. The van der Waals surface area contributed by atoms with Crippen LogP contribution in [-0.2, 0) is 17.8 Å². The fourth-order valence-corrected chi connectivity index (χ4v) is 6.24. The fraction of sp³-hybridized carbons (Fsp3) is 0.435. The molecule has 0 bridgehead atoms. The minimum absolute atomic E-state index is 0.0190. The maximum absolute atomic E-state index is 13.9. The first-order valence-corrected chi connectivity index (χ1v) is 12.6. The molecule has 0 saturated carbocycles. The van der Waals surface area contributed by atoms with Crippen molar-refractivity contribution >= 4 is 39.1 Å². The summed E-state index contributed by atoms with van der Waals surface area (Å²) >= 11 is 3.33. The van der Waals surface area contributed by atoms with Gasteiger partial charge in [-0.05, 0) is 42.5 Å². The van der Waals surface area contributed by atoms with Gasteiger partial charge in [-0.1, -0.05) is 44.7 Å². The van der Waals surface area contributed by atoms with Gasteiger partial charge in [-0.15, -0.1) is 21.5 Å². The van der Waals surface area contributed by atoms with E-state index in [-0.39, 0.29) is 11.7 Å². The van der Waals surface area contributed by atoms with Crippen LogP contribution in [0.15, 0.2) is 34.2 Å². The molecule has 6 nitrogen and oxygen atoms in total. The number of aromatic nitrogens is 4. The number of aryl methyl sites for hydroxylation is 1. The van der Waals surface area contributed by atoms with Gasteiger partial charge in [-0.25, -0.2) is 8.97 Å². The van der Waals surface area contributed by atoms with Crippen molar-refractivity contribution in [3.05, 3.63) is 50.6 Å². The molecule has 0 fully saturated rings. The summed E-state index contributed by atoms with van der Waals surface area (Å²) in [5.41, 5.74) is 3.04. The van der Waals surface area contributed by atoms with Gasteiger partial charge >= 0.3 is 0 Å². The third-order valence-electron chi connectivity index (χ3n) is 5.78. The highest BCUT2D eigenvalue weighted by molar-refractivity contribution is 7.99. The van der Waals surface area contributed by atoms with E-state index in [1.54, 1.807) is 27.7 Å². The van der Waals surface area contributed by atoms with E-state index in [1.807, 2.05) is 31.2 Å². The normalized spacial score (nSPS) is 16.5. The smallest absolute Gasteiger partial charge is 0.268 e. The van der Waals surface area contributed by atoms with Crippen LogP contribution in [0.1, 0.15) is 43.2 Å². The maximum Gasteiger partial charge on any atom is 0.268 e. The van der Waals surface area contributed by atoms with Gasteiger partial charge in [0.15, 0.2) is 5.16 Å². The molecule has 0 amide bonds. The molecule has 1 atom stereocenters. The highest BCUT2D eigenvalue weighted by atomic mass is 32.2. The molecule has 8 heteroatoms. The van der Waals surface area contributed by atoms with Crippen LogP contribution in [0.4, 0.5) is 0 Å². The average molecular weight is 455 g/mol. The van der Waals surface area contributed by atoms with Crippen LogP contribution < -0.4 is 5.56 Å². The van der Waals surface area contributed by atoms with Gasteiger partial charge < -0.3 is 4.74 Å². The van der Waals surface area contributed by atoms with Crippen molar-refractivity contribution in [1.82, 2.24) is 19.2 Å². The Hall–Kier alpha value is -2.16. The summed E-state index contributed by atoms with van der Waals surface area (Å²) in [6, 6.07) is 8.01. The van der Waals surface area contributed by atoms with Crippen LogP contribution in [-0.4, -0.2) is 31.0 Å². The Morgan fingerprint density at radius 1 is 1.32 bits per heavy atom. The van der Waals surface area contributed by atoms with Gasteiger partial charge in [0.05, 0.1) is 23.8 Å². The van der Waals surface area contributed by atoms with Crippen LogP contribution in [0, 0.1) is 12.8 Å². The number of ether oxygens (including phenoxy) is 1. The van der Waals surface area contributed by atoms with Gasteiger partial charge in [-0.3, -0.25) is 4.79 Å². The van der Waals surface area contributed by atoms with Crippen molar-refractivity contribution < 1.29 is 4.74 Å². The van der Waals surface area contributed by atoms with Crippen LogP contribution in [0.25, 0.3) is 21.7 Å². The Balaban J connectivity index is 1.86. The minimum Gasteiger partial charge on any atom is -0.372 e. The second-order valence-electron chi connectivity index (χ2n) is 8.43. The Kier molecular flexibility index (Phi) is 5.40. The lowest BCUT2D eigenvalue weighted by Gasteiger charge is -2.26. The molecule has 0 unspecified atom stereocenters. The Morgan fingerprint density at radius 2 is 2.16 bits per heavy atom. The van der Waals surface area contributed by atoms with Crippen molar-refractivity contribution in [2.75, 3.05) is 5.75 Å². The van der Waals surface area contributed by atoms with Crippen LogP contribution in [0.5, 0.6) is 0 Å². The molecule has 31 heavy (non-hydrogen) atoms. The van der Waals surface area contributed by atoms with E-state index in [0.717, 1.165) is 55.7 Å². The van der Waals surface area contributed by atoms with E-state index >= 15 is 0 Å². The van der Waals surface area contributed by atoms with E-state index in [9.17, 15) is 4.79 Å². The summed E-state index contributed by atoms with van der Waals surface area (Å²) in [6.07, 6.45) is 1.94. The molecule has 4 aromatic rings. The second kappa shape index (κ2) is 8.07. The predicted molar refractivity (Wildman–Crippen MR) is 127 cm³/mol. The molecule has 162 valence electrons. The first kappa shape index (κ1) is 20.7. The second-order valence-corrected chi connectivity index (χ2v) is 10.6. The number of nitrogens with zero attached hydrogens (tertiary/aromatic N) is 4. The molecular weight excluding hydrogens is 428 g/mol. The van der Waals surface area contributed by atoms with Crippen LogP contribution in [0.3, 0.4) is 0 Å². The summed E-state index contributed by atoms with van der Waals surface area (Å²) in [5, 5.41) is 10.6. The van der Waals surface area contributed by atoms with Crippen molar-refractivity contribution in [2.45, 2.75) is 58.4 Å². The first-order chi connectivity index (χ1) is 15.0. The number of thioether (sulfide) groups is 1. The third-order valence-corrected chi connectivity index (χ3v) is 8.11. The topological polar surface area (TPSA) is 61.4 Å². The van der Waals surface area contributed by atoms with Gasteiger partial charge in [0, 0.05) is 17.1 Å². The number of thiophene rings is 1. The monoisotopic (exact) mass is 454 g/mol. The number of rotatable bonds is 5. The molecule has 4 heterocycles. The van der Waals surface area contributed by atoms with E-state index in [1.165, 1.54) is 0 Å². The van der Waals surface area contributed by atoms with Crippen molar-refractivity contribution in [3.63, 3.8) is 0 Å². The Bertz CT molecular complexity index is 1340. The van der Waals surface area contributed by atoms with E-state index in [4.69, 9.17) is 4.74 Å². The van der Waals surface area contributed by atoms with Gasteiger partial charge in [0.2, 0.25) is 5.78 Å². The summed E-state index contributed by atoms with van der Waals surface area (Å²) in [7, 11) is 0. The van der Waals surface area contributed by atoms with Crippen molar-refractivity contribution in [2.24, 2.45) is 5.92 Å². The standard InChI is InChI=1S/C23H26N4O2S2/c1-5-9-30-23-25-24-22-26(15-8-6-7-14(4)10-15)20(28)19-16-11-17(13(2)3)29-12-18(16)31-21(19)27(22)23/h6-8,10,13,17H,5,9,11-12H2,1-4H3/t17-/m0/s1. The highest BCUT2D eigenvalue weighted by Crippen LogP contribution is 2.37. The van der Waals surface area contributed by atoms with Gasteiger partial charge in [0.1, 0.15) is 4.83 Å². The predicted octanol–water partition coefficient (Wildman–Crippen LogP) is 5.00. The lowest BCUT2D eigenvalue weighted by molar-refractivity contribution is 0.00200. The molecule has 5 rings (SSSR count). The zero-order valence-corrected chi connectivity index (χ0v) is 19.8. The van der Waals surface area contributed by atoms with Gasteiger partial charge in [-0.2, -0.15) is 0 Å². The molecule has 0 radical (unpaired) electrons. The summed E-state index contributed by atoms with van der Waals surface area (Å²) in [6.45, 7) is 9.09. The zero-order chi connectivity index (χ0) is 21.7. The molecular formula is C23H26N4O2S2. The fourth-order valence-electron chi connectivity index (χ4n) is 4.15. The molecule has 3 aromatic heterocycles. The van der Waals surface area contributed by atoms with Crippen LogP contribution >= 0.6 is 23.1 Å². The largest absolute Gasteiger partial charge is 0.372 e. The quantitative estimate of drug-likeness (QED) is 0.397. The van der Waals surface area contributed by atoms with Crippen LogP contribution in [0.2, 0.25) is 0 Å². The van der Waals surface area contributed by atoms with E-state index in [0.29, 0.717) is 18.3 Å². The zero-order valence-electron chi connectivity index (χ0n) is 18.2. The SMILES string of the molecule is CCCSc1nnc2n(-c3cccc(C)c3)c(=O)c3c4c(sc3n12)CO[C@H](C(C)C)C4. The molecule has 0 N–H and O–H groups in total. The van der Waals surface area contributed by atoms with E-state index in [2.05, 4.69) is 35.4 Å². The molecule has 1 aliphatic heterocycles. The average Bonchev–Trinajstić information content (AvgIpc) is 3.33. The third kappa shape index (κ3) is 3.41. The van der Waals surface area contributed by atoms with E-state index < -0.39 is 0 Å². The van der Waals surface area contributed by atoms with Crippen molar-refractivity contribution in [3.8, 4) is 5.69 Å². The van der Waals surface area contributed by atoms with Crippen molar-refractivity contribution in [1.29, 1.82) is 0 Å². The lowest BCUT2D eigenvalue weighted by Crippen LogP contribution is -2.28. The Labute approximate surface area is 189 Å². The number of hydrogen-bond acceptors (Lipinski definition) is 6. The van der Waals surface area contributed by atoms with Gasteiger partial charge in [0.25, 0.3) is 5.56 Å². The molecule has 1 aromatic carbocycles. The number of benzene rings is 1. The highest BCUT2D eigenvalue weighted by Gasteiger charge is 2.30. The summed E-state index contributed by atoms with van der Waals surface area (Å²) < 4.78 is 9.91. The number of fused-ring (bicyclic) bond motifs is 5. The summed E-state index contributed by atoms with van der Waals surface area (Å²) in [5.74, 6) is 1.92. The molecule has 0 aliphatic carbocycles. The minimum atomic E-state index is -0.0190. The number of hydrogen-bond donors (Lipinski definition) is 0. The molecule has 1 aliphatic rings. The molecule has 0 saturated heterocycles. The first-order valence-electron chi connectivity index (χ1n) is 10.8. The summed E-state index contributed by atoms with van der Waals surface area (Å²) in [4.78, 5) is 16.0. The maximum atomic E-state index is 13.9. The Morgan fingerprint density at radius 3 is 2.90 bits per heavy atom.